The molecule has 2 aromatic carbocycles. The van der Waals surface area contributed by atoms with Crippen molar-refractivity contribution in [2.45, 2.75) is 18.9 Å². The highest BCUT2D eigenvalue weighted by Crippen LogP contribution is 2.36. The fourth-order valence-electron chi connectivity index (χ4n) is 2.64. The van der Waals surface area contributed by atoms with Crippen LogP contribution in [0.15, 0.2) is 60.7 Å². The largest absolute Gasteiger partial charge is 0.573 e. The normalized spacial score (nSPS) is 12.5. The second-order valence-electron chi connectivity index (χ2n) is 6.27. The van der Waals surface area contributed by atoms with Gasteiger partial charge >= 0.3 is 18.9 Å². The first-order valence-electron chi connectivity index (χ1n) is 8.51. The summed E-state index contributed by atoms with van der Waals surface area (Å²) < 4.78 is 121. The molecule has 0 bridgehead atoms. The molecule has 0 N–H and O–H groups in total. The maximum Gasteiger partial charge on any atom is 0.573 e. The minimum absolute atomic E-state index is 0.0592. The van der Waals surface area contributed by atoms with Crippen molar-refractivity contribution in [1.29, 1.82) is 0 Å². The third-order valence-corrected chi connectivity index (χ3v) is 3.92. The number of aromatic nitrogens is 1. The van der Waals surface area contributed by atoms with Crippen molar-refractivity contribution in [3.05, 3.63) is 66.2 Å². The summed E-state index contributed by atoms with van der Waals surface area (Å²) in [6.45, 7) is 0. The van der Waals surface area contributed by atoms with Crippen molar-refractivity contribution < 1.29 is 49.0 Å². The molecule has 0 aliphatic carbocycles. The molecule has 1 aromatic heterocycles. The Morgan fingerprint density at radius 3 is 1.16 bits per heavy atom. The summed E-state index contributed by atoms with van der Waals surface area (Å²) in [4.78, 5) is 4.07. The first kappa shape index (κ1) is 23.2. The van der Waals surface area contributed by atoms with Gasteiger partial charge in [0.1, 0.15) is 11.5 Å². The Labute approximate surface area is 174 Å². The lowest BCUT2D eigenvalue weighted by Crippen LogP contribution is -2.17. The third-order valence-electron chi connectivity index (χ3n) is 3.92. The lowest BCUT2D eigenvalue weighted by Gasteiger charge is -2.13. The Balaban J connectivity index is 1.99. The molecule has 0 saturated heterocycles. The zero-order chi connectivity index (χ0) is 23.7. The van der Waals surface area contributed by atoms with Crippen LogP contribution in [0.3, 0.4) is 0 Å². The van der Waals surface area contributed by atoms with Crippen LogP contribution in [0.5, 0.6) is 11.5 Å². The van der Waals surface area contributed by atoms with E-state index >= 15 is 0 Å². The quantitative estimate of drug-likeness (QED) is 0.380. The molecule has 0 amide bonds. The van der Waals surface area contributed by atoms with Gasteiger partial charge in [0.15, 0.2) is 0 Å². The molecule has 0 atom stereocenters. The summed E-state index contributed by atoms with van der Waals surface area (Å²) in [6, 6.07) is 9.40. The Bertz CT molecular complexity index is 993. The third kappa shape index (κ3) is 6.28. The van der Waals surface area contributed by atoms with Crippen molar-refractivity contribution in [1.82, 2.24) is 4.98 Å². The van der Waals surface area contributed by atoms with E-state index in [-0.39, 0.29) is 22.5 Å². The lowest BCUT2D eigenvalue weighted by molar-refractivity contribution is -0.275. The summed E-state index contributed by atoms with van der Waals surface area (Å²) >= 11 is 0. The van der Waals surface area contributed by atoms with Gasteiger partial charge < -0.3 is 9.47 Å². The van der Waals surface area contributed by atoms with Gasteiger partial charge in [-0.05, 0) is 60.7 Å². The van der Waals surface area contributed by atoms with E-state index in [0.717, 1.165) is 48.5 Å². The molecule has 0 unspecified atom stereocenters. The van der Waals surface area contributed by atoms with Gasteiger partial charge in [0, 0.05) is 11.1 Å². The highest BCUT2D eigenvalue weighted by molar-refractivity contribution is 5.68. The van der Waals surface area contributed by atoms with Crippen LogP contribution in [0.1, 0.15) is 5.56 Å². The maximum absolute atomic E-state index is 13.4. The Hall–Kier alpha value is -3.44. The smallest absolute Gasteiger partial charge is 0.406 e. The molecule has 0 saturated carbocycles. The van der Waals surface area contributed by atoms with Crippen LogP contribution >= 0.6 is 0 Å². The van der Waals surface area contributed by atoms with Gasteiger partial charge in [0.2, 0.25) is 0 Å². The number of alkyl halides is 9. The molecular formula is C20H10F9NO2. The van der Waals surface area contributed by atoms with Gasteiger partial charge in [-0.15, -0.1) is 26.3 Å². The Kier molecular flexibility index (Phi) is 5.98. The lowest BCUT2D eigenvalue weighted by atomic mass is 10.0. The molecule has 0 aliphatic rings. The maximum atomic E-state index is 13.4. The Morgan fingerprint density at radius 1 is 0.531 bits per heavy atom. The SMILES string of the molecule is FC(F)(F)Oc1ccc(-c2cc(C(F)(F)F)cc(-c3ccc(OC(F)(F)F)cc3)n2)cc1. The van der Waals surface area contributed by atoms with Crippen LogP contribution in [0.4, 0.5) is 39.5 Å². The van der Waals surface area contributed by atoms with Crippen molar-refractivity contribution in [3.8, 4) is 34.0 Å². The average Bonchev–Trinajstić information content (AvgIpc) is 2.65. The van der Waals surface area contributed by atoms with E-state index in [4.69, 9.17) is 0 Å². The summed E-state index contributed by atoms with van der Waals surface area (Å²) in [7, 11) is 0. The second-order valence-corrected chi connectivity index (χ2v) is 6.27. The molecule has 32 heavy (non-hydrogen) atoms. The van der Waals surface area contributed by atoms with Crippen molar-refractivity contribution in [2.24, 2.45) is 0 Å². The van der Waals surface area contributed by atoms with Gasteiger partial charge in [-0.25, -0.2) is 4.98 Å². The van der Waals surface area contributed by atoms with E-state index in [9.17, 15) is 39.5 Å². The fourth-order valence-corrected chi connectivity index (χ4v) is 2.64. The van der Waals surface area contributed by atoms with Gasteiger partial charge in [-0.3, -0.25) is 0 Å². The highest BCUT2D eigenvalue weighted by atomic mass is 19.4. The number of ether oxygens (including phenoxy) is 2. The molecule has 170 valence electrons. The summed E-state index contributed by atoms with van der Waals surface area (Å²) in [5, 5.41) is 0. The number of pyridine rings is 1. The van der Waals surface area contributed by atoms with E-state index in [1.165, 1.54) is 0 Å². The van der Waals surface area contributed by atoms with E-state index < -0.39 is 36.0 Å². The summed E-state index contributed by atoms with van der Waals surface area (Å²) in [5.74, 6) is -1.15. The molecular weight excluding hydrogens is 457 g/mol. The molecule has 0 aliphatic heterocycles. The topological polar surface area (TPSA) is 31.4 Å². The number of rotatable bonds is 4. The number of hydrogen-bond acceptors (Lipinski definition) is 3. The van der Waals surface area contributed by atoms with Crippen LogP contribution in [-0.4, -0.2) is 17.7 Å². The second kappa shape index (κ2) is 8.24. The van der Waals surface area contributed by atoms with Crippen LogP contribution < -0.4 is 9.47 Å². The van der Waals surface area contributed by atoms with Crippen LogP contribution in [-0.2, 0) is 6.18 Å². The molecule has 3 aromatic rings. The number of benzene rings is 2. The van der Waals surface area contributed by atoms with E-state index in [1.54, 1.807) is 0 Å². The van der Waals surface area contributed by atoms with E-state index in [0.29, 0.717) is 12.1 Å². The van der Waals surface area contributed by atoms with Crippen molar-refractivity contribution >= 4 is 0 Å². The number of nitrogens with zero attached hydrogens (tertiary/aromatic N) is 1. The van der Waals surface area contributed by atoms with Crippen molar-refractivity contribution in [3.63, 3.8) is 0 Å². The minimum Gasteiger partial charge on any atom is -0.406 e. The molecule has 3 rings (SSSR count). The zero-order valence-electron chi connectivity index (χ0n) is 15.4. The molecule has 1 heterocycles. The monoisotopic (exact) mass is 467 g/mol. The average molecular weight is 467 g/mol. The van der Waals surface area contributed by atoms with Gasteiger partial charge in [0.25, 0.3) is 0 Å². The zero-order valence-corrected chi connectivity index (χ0v) is 15.4. The standard InChI is InChI=1S/C20H10F9NO2/c21-18(22,23)13-9-16(11-1-5-14(6-2-11)31-19(24,25)26)30-17(10-13)12-3-7-15(8-4-12)32-20(27,28)29/h1-10H. The molecule has 3 nitrogen and oxygen atoms in total. The number of halogens is 9. The molecule has 0 spiro atoms. The van der Waals surface area contributed by atoms with Crippen LogP contribution in [0.25, 0.3) is 22.5 Å². The Morgan fingerprint density at radius 2 is 0.875 bits per heavy atom. The van der Waals surface area contributed by atoms with Gasteiger partial charge in [-0.2, -0.15) is 13.2 Å². The van der Waals surface area contributed by atoms with E-state index in [1.807, 2.05) is 0 Å². The summed E-state index contributed by atoms with van der Waals surface area (Å²) in [5.41, 5.74) is -1.43. The van der Waals surface area contributed by atoms with E-state index in [2.05, 4.69) is 14.5 Å². The van der Waals surface area contributed by atoms with Crippen LogP contribution in [0.2, 0.25) is 0 Å². The predicted octanol–water partition coefficient (Wildman–Crippen LogP) is 7.23. The van der Waals surface area contributed by atoms with Crippen LogP contribution in [0, 0.1) is 0 Å². The first-order valence-corrected chi connectivity index (χ1v) is 8.51. The fraction of sp³-hybridized carbons (Fsp3) is 0.150. The molecule has 0 fully saturated rings. The molecule has 12 heteroatoms. The first-order chi connectivity index (χ1) is 14.7. The highest BCUT2D eigenvalue weighted by Gasteiger charge is 2.33. The predicted molar refractivity (Wildman–Crippen MR) is 93.5 cm³/mol. The van der Waals surface area contributed by atoms with Gasteiger partial charge in [0.05, 0.1) is 17.0 Å². The molecule has 0 radical (unpaired) electrons. The van der Waals surface area contributed by atoms with Crippen molar-refractivity contribution in [2.75, 3.05) is 0 Å². The summed E-state index contributed by atoms with van der Waals surface area (Å²) in [6.07, 6.45) is -14.7. The number of hydrogen-bond donors (Lipinski definition) is 0. The van der Waals surface area contributed by atoms with Gasteiger partial charge in [-0.1, -0.05) is 0 Å². The minimum atomic E-state index is -4.94.